The maximum atomic E-state index is 10.6. The number of aromatic nitrogens is 3. The molecule has 0 unspecified atom stereocenters. The summed E-state index contributed by atoms with van der Waals surface area (Å²) < 4.78 is 5.63. The van der Waals surface area contributed by atoms with Crippen molar-refractivity contribution in [1.29, 1.82) is 0 Å². The maximum Gasteiger partial charge on any atom is 0.328 e. The standard InChI is InChI=1S/C13H15N3O3/c1-8(2)6-19-13-11-9(3-4-10(17)18)5-14-12(11)15-7-16-13/h3-5,7-8H,6H2,1-2H3,(H,17,18)(H,14,15,16)/b4-3+. The first kappa shape index (κ1) is 13.1. The number of carboxylic acid groups (broad SMARTS) is 1. The number of nitrogens with zero attached hydrogens (tertiary/aromatic N) is 2. The van der Waals surface area contributed by atoms with Crippen LogP contribution in [0, 0.1) is 5.92 Å². The number of ether oxygens (including phenoxy) is 1. The molecular formula is C13H15N3O3. The van der Waals surface area contributed by atoms with Crippen LogP contribution < -0.4 is 4.74 Å². The molecule has 2 rings (SSSR count). The van der Waals surface area contributed by atoms with E-state index < -0.39 is 5.97 Å². The van der Waals surface area contributed by atoms with Crippen molar-refractivity contribution in [2.45, 2.75) is 13.8 Å². The summed E-state index contributed by atoms with van der Waals surface area (Å²) in [7, 11) is 0. The topological polar surface area (TPSA) is 88.1 Å². The van der Waals surface area contributed by atoms with Crippen LogP contribution >= 0.6 is 0 Å². The zero-order valence-corrected chi connectivity index (χ0v) is 10.8. The van der Waals surface area contributed by atoms with Crippen molar-refractivity contribution in [2.75, 3.05) is 6.61 Å². The number of nitrogens with one attached hydrogen (secondary N) is 1. The van der Waals surface area contributed by atoms with Crippen LogP contribution in [0.5, 0.6) is 5.88 Å². The fourth-order valence-corrected chi connectivity index (χ4v) is 1.60. The van der Waals surface area contributed by atoms with Crippen LogP contribution in [0.1, 0.15) is 19.4 Å². The minimum atomic E-state index is -1.00. The number of aromatic amines is 1. The molecule has 2 heterocycles. The van der Waals surface area contributed by atoms with Gasteiger partial charge in [-0.2, -0.15) is 0 Å². The van der Waals surface area contributed by atoms with Crippen LogP contribution in [0.3, 0.4) is 0 Å². The van der Waals surface area contributed by atoms with Gasteiger partial charge in [-0.1, -0.05) is 13.8 Å². The van der Waals surface area contributed by atoms with Crippen molar-refractivity contribution in [3.05, 3.63) is 24.2 Å². The van der Waals surface area contributed by atoms with E-state index in [2.05, 4.69) is 15.0 Å². The second-order valence-corrected chi connectivity index (χ2v) is 4.52. The molecule has 0 aliphatic rings. The molecule has 0 radical (unpaired) electrons. The fourth-order valence-electron chi connectivity index (χ4n) is 1.60. The molecular weight excluding hydrogens is 246 g/mol. The number of aliphatic carboxylic acids is 1. The van der Waals surface area contributed by atoms with Gasteiger partial charge in [0.05, 0.1) is 12.0 Å². The Bertz CT molecular complexity index is 617. The van der Waals surface area contributed by atoms with Gasteiger partial charge >= 0.3 is 5.97 Å². The Hall–Kier alpha value is -2.37. The normalized spacial score (nSPS) is 11.5. The van der Waals surface area contributed by atoms with Crippen molar-refractivity contribution in [1.82, 2.24) is 15.0 Å². The number of hydrogen-bond acceptors (Lipinski definition) is 4. The lowest BCUT2D eigenvalue weighted by Crippen LogP contribution is -2.06. The summed E-state index contributed by atoms with van der Waals surface area (Å²) in [5.74, 6) is -0.164. The largest absolute Gasteiger partial charge is 0.478 e. The van der Waals surface area contributed by atoms with E-state index in [9.17, 15) is 4.79 Å². The Morgan fingerprint density at radius 2 is 2.32 bits per heavy atom. The third kappa shape index (κ3) is 3.09. The van der Waals surface area contributed by atoms with Crippen LogP contribution in [0.2, 0.25) is 0 Å². The molecule has 100 valence electrons. The van der Waals surface area contributed by atoms with E-state index in [0.717, 1.165) is 6.08 Å². The van der Waals surface area contributed by atoms with Crippen molar-refractivity contribution in [2.24, 2.45) is 5.92 Å². The Labute approximate surface area is 110 Å². The third-order valence-corrected chi connectivity index (χ3v) is 2.42. The Morgan fingerprint density at radius 1 is 1.53 bits per heavy atom. The molecule has 0 aliphatic carbocycles. The van der Waals surface area contributed by atoms with E-state index in [1.807, 2.05) is 13.8 Å². The second kappa shape index (κ2) is 5.51. The molecule has 2 N–H and O–H groups in total. The van der Waals surface area contributed by atoms with Gasteiger partial charge in [0.25, 0.3) is 0 Å². The average Bonchev–Trinajstić information content (AvgIpc) is 2.77. The van der Waals surface area contributed by atoms with Crippen molar-refractivity contribution < 1.29 is 14.6 Å². The quantitative estimate of drug-likeness (QED) is 0.804. The molecule has 0 aliphatic heterocycles. The molecule has 0 spiro atoms. The van der Waals surface area contributed by atoms with E-state index in [1.54, 1.807) is 6.20 Å². The van der Waals surface area contributed by atoms with Crippen molar-refractivity contribution in [3.63, 3.8) is 0 Å². The molecule has 19 heavy (non-hydrogen) atoms. The summed E-state index contributed by atoms with van der Waals surface area (Å²) >= 11 is 0. The summed E-state index contributed by atoms with van der Waals surface area (Å²) in [5.41, 5.74) is 1.32. The first-order valence-electron chi connectivity index (χ1n) is 5.94. The smallest absolute Gasteiger partial charge is 0.328 e. The lowest BCUT2D eigenvalue weighted by molar-refractivity contribution is -0.131. The van der Waals surface area contributed by atoms with E-state index in [1.165, 1.54) is 12.4 Å². The molecule has 0 saturated carbocycles. The Kier molecular flexibility index (Phi) is 3.79. The zero-order chi connectivity index (χ0) is 13.8. The summed E-state index contributed by atoms with van der Waals surface area (Å²) in [4.78, 5) is 21.7. The van der Waals surface area contributed by atoms with E-state index >= 15 is 0 Å². The van der Waals surface area contributed by atoms with Crippen LogP contribution in [-0.2, 0) is 4.79 Å². The highest BCUT2D eigenvalue weighted by molar-refractivity contribution is 5.94. The van der Waals surface area contributed by atoms with E-state index in [-0.39, 0.29) is 0 Å². The molecule has 2 aromatic rings. The van der Waals surface area contributed by atoms with Crippen molar-refractivity contribution in [3.8, 4) is 5.88 Å². The SMILES string of the molecule is CC(C)COc1ncnc2[nH]cc(/C=C/C(=O)O)c12. The van der Waals surface area contributed by atoms with Crippen LogP contribution in [-0.4, -0.2) is 32.6 Å². The van der Waals surface area contributed by atoms with Gasteiger partial charge in [-0.25, -0.2) is 14.8 Å². The van der Waals surface area contributed by atoms with Gasteiger partial charge in [0.1, 0.15) is 12.0 Å². The van der Waals surface area contributed by atoms with Gasteiger partial charge in [-0.15, -0.1) is 0 Å². The van der Waals surface area contributed by atoms with Crippen LogP contribution in [0.25, 0.3) is 17.1 Å². The zero-order valence-electron chi connectivity index (χ0n) is 10.8. The highest BCUT2D eigenvalue weighted by Crippen LogP contribution is 2.26. The molecule has 0 atom stereocenters. The monoisotopic (exact) mass is 261 g/mol. The van der Waals surface area contributed by atoms with Crippen molar-refractivity contribution >= 4 is 23.1 Å². The Morgan fingerprint density at radius 3 is 3.00 bits per heavy atom. The number of carbonyl (C=O) groups is 1. The van der Waals surface area contributed by atoms with E-state index in [4.69, 9.17) is 9.84 Å². The predicted octanol–water partition coefficient (Wildman–Crippen LogP) is 2.09. The van der Waals surface area contributed by atoms with Gasteiger partial charge in [0, 0.05) is 17.8 Å². The second-order valence-electron chi connectivity index (χ2n) is 4.52. The van der Waals surface area contributed by atoms with Gasteiger partial charge in [0.2, 0.25) is 5.88 Å². The summed E-state index contributed by atoms with van der Waals surface area (Å²) in [5, 5.41) is 9.37. The molecule has 6 nitrogen and oxygen atoms in total. The van der Waals surface area contributed by atoms with Gasteiger partial charge < -0.3 is 14.8 Å². The van der Waals surface area contributed by atoms with Crippen LogP contribution in [0.15, 0.2) is 18.6 Å². The molecule has 2 aromatic heterocycles. The first-order valence-corrected chi connectivity index (χ1v) is 5.94. The minimum absolute atomic E-state index is 0.377. The lowest BCUT2D eigenvalue weighted by Gasteiger charge is -2.08. The Balaban J connectivity index is 2.40. The highest BCUT2D eigenvalue weighted by atomic mass is 16.5. The molecule has 0 amide bonds. The molecule has 0 fully saturated rings. The first-order chi connectivity index (χ1) is 9.08. The highest BCUT2D eigenvalue weighted by Gasteiger charge is 2.11. The fraction of sp³-hybridized carbons (Fsp3) is 0.308. The number of hydrogen-bond donors (Lipinski definition) is 2. The predicted molar refractivity (Wildman–Crippen MR) is 70.9 cm³/mol. The van der Waals surface area contributed by atoms with Gasteiger partial charge in [-0.05, 0) is 12.0 Å². The number of carboxylic acids is 1. The lowest BCUT2D eigenvalue weighted by atomic mass is 10.2. The third-order valence-electron chi connectivity index (χ3n) is 2.42. The minimum Gasteiger partial charge on any atom is -0.478 e. The van der Waals surface area contributed by atoms with Gasteiger partial charge in [-0.3, -0.25) is 0 Å². The number of fused-ring (bicyclic) bond motifs is 1. The summed E-state index contributed by atoms with van der Waals surface area (Å²) in [6, 6.07) is 0. The van der Waals surface area contributed by atoms with Gasteiger partial charge in [0.15, 0.2) is 0 Å². The molecule has 6 heteroatoms. The maximum absolute atomic E-state index is 10.6. The number of H-pyrrole nitrogens is 1. The number of rotatable bonds is 5. The van der Waals surface area contributed by atoms with Crippen LogP contribution in [0.4, 0.5) is 0 Å². The summed E-state index contributed by atoms with van der Waals surface area (Å²) in [6.45, 7) is 4.63. The average molecular weight is 261 g/mol. The molecule has 0 saturated heterocycles. The van der Waals surface area contributed by atoms with E-state index in [0.29, 0.717) is 35.0 Å². The molecule has 0 bridgehead atoms. The molecule has 0 aromatic carbocycles. The summed E-state index contributed by atoms with van der Waals surface area (Å²) in [6.07, 6.45) is 5.66.